The molecule has 0 aliphatic rings. The molecular formula is C25H22ClCuN5O6. The van der Waals surface area contributed by atoms with Gasteiger partial charge in [0.25, 0.3) is 0 Å². The van der Waals surface area contributed by atoms with Crippen LogP contribution < -0.4 is 5.11 Å². The van der Waals surface area contributed by atoms with Gasteiger partial charge in [-0.25, -0.2) is 4.98 Å². The first-order valence-corrected chi connectivity index (χ1v) is 10.9. The largest absolute Gasteiger partial charge is 2.00 e. The predicted octanol–water partition coefficient (Wildman–Crippen LogP) is 4.19. The Morgan fingerprint density at radius 1 is 0.947 bits per heavy atom. The topological polar surface area (TPSA) is 181 Å². The molecule has 2 N–H and O–H groups in total. The molecule has 3 aromatic heterocycles. The van der Waals surface area contributed by atoms with Crippen molar-refractivity contribution in [2.45, 2.75) is 13.8 Å². The Labute approximate surface area is 232 Å². The number of aromatic amines is 1. The number of hydrogen-bond donors (Lipinski definition) is 2. The molecule has 11 nitrogen and oxygen atoms in total. The van der Waals surface area contributed by atoms with Gasteiger partial charge in [-0.2, -0.15) is 0 Å². The Balaban J connectivity index is 0.000000439. The van der Waals surface area contributed by atoms with Crippen molar-refractivity contribution in [1.29, 1.82) is 0 Å². The molecule has 5 rings (SSSR count). The molecule has 13 heteroatoms. The van der Waals surface area contributed by atoms with Gasteiger partial charge in [0.2, 0.25) is 0 Å². The standard InChI is InChI=1S/C19H11ClN4.C5H8O2.CH4O.Cu.NO3/c20-12-7-5-11(6-8-12)19-23-17-13-3-1-9-21-15(13)16-14(18(17)24-19)4-2-10-22-16;1-4(6)3-5(2)7;1-2;;2-1(3)4/h1-10H,(H,23,24);3,6H,1-2H3;2H,1H3;;/q;;;+2;-1/p-1/b;4-3-;;;. The van der Waals surface area contributed by atoms with E-state index in [1.54, 1.807) is 12.4 Å². The number of fused-ring (bicyclic) bond motifs is 6. The average Bonchev–Trinajstić information content (AvgIpc) is 3.31. The Hall–Kier alpha value is -4.09. The van der Waals surface area contributed by atoms with E-state index in [1.807, 2.05) is 48.5 Å². The van der Waals surface area contributed by atoms with Crippen LogP contribution in [0.1, 0.15) is 13.8 Å². The number of ketones is 1. The van der Waals surface area contributed by atoms with E-state index in [2.05, 4.69) is 15.0 Å². The molecule has 0 bridgehead atoms. The summed E-state index contributed by atoms with van der Waals surface area (Å²) in [6, 6.07) is 15.6. The molecular weight excluding hydrogens is 565 g/mol. The van der Waals surface area contributed by atoms with Crippen molar-refractivity contribution in [2.75, 3.05) is 7.11 Å². The summed E-state index contributed by atoms with van der Waals surface area (Å²) in [4.78, 5) is 35.5. The molecule has 0 saturated heterocycles. The van der Waals surface area contributed by atoms with Crippen LogP contribution in [0.4, 0.5) is 0 Å². The van der Waals surface area contributed by atoms with Gasteiger partial charge < -0.3 is 30.5 Å². The zero-order valence-corrected chi connectivity index (χ0v) is 22.0. The first-order chi connectivity index (χ1) is 17.7. The molecule has 3 heterocycles. The molecule has 0 amide bonds. The third kappa shape index (κ3) is 8.49. The summed E-state index contributed by atoms with van der Waals surface area (Å²) in [7, 11) is 1.00. The van der Waals surface area contributed by atoms with E-state index in [4.69, 9.17) is 37.0 Å². The van der Waals surface area contributed by atoms with Crippen molar-refractivity contribution in [2.24, 2.45) is 0 Å². The number of nitrogens with one attached hydrogen (secondary N) is 1. The van der Waals surface area contributed by atoms with Crippen molar-refractivity contribution in [1.82, 2.24) is 19.9 Å². The quantitative estimate of drug-likeness (QED) is 0.0764. The normalized spacial score (nSPS) is 10.2. The molecule has 38 heavy (non-hydrogen) atoms. The van der Waals surface area contributed by atoms with E-state index in [0.29, 0.717) is 5.02 Å². The Morgan fingerprint density at radius 2 is 1.45 bits per heavy atom. The van der Waals surface area contributed by atoms with Gasteiger partial charge in [-0.3, -0.25) is 14.8 Å². The Kier molecular flexibility index (Phi) is 12.8. The van der Waals surface area contributed by atoms with Gasteiger partial charge in [-0.1, -0.05) is 18.5 Å². The molecule has 0 aliphatic heterocycles. The van der Waals surface area contributed by atoms with Crippen molar-refractivity contribution in [3.8, 4) is 11.4 Å². The van der Waals surface area contributed by atoms with Gasteiger partial charge in [0.15, 0.2) is 5.78 Å². The number of imidazole rings is 1. The van der Waals surface area contributed by atoms with Gasteiger partial charge >= 0.3 is 17.1 Å². The van der Waals surface area contributed by atoms with Crippen LogP contribution in [0.25, 0.3) is 44.2 Å². The van der Waals surface area contributed by atoms with Crippen molar-refractivity contribution >= 4 is 50.2 Å². The molecule has 1 radical (unpaired) electrons. The number of aliphatic hydroxyl groups is 1. The maximum Gasteiger partial charge on any atom is 2.00 e. The molecule has 0 atom stereocenters. The van der Waals surface area contributed by atoms with Crippen molar-refractivity contribution < 1.29 is 37.2 Å². The van der Waals surface area contributed by atoms with Gasteiger partial charge in [0.1, 0.15) is 5.82 Å². The van der Waals surface area contributed by atoms with E-state index >= 15 is 0 Å². The number of pyridine rings is 2. The maximum atomic E-state index is 9.98. The molecule has 5 aromatic rings. The number of rotatable bonds is 2. The summed E-state index contributed by atoms with van der Waals surface area (Å²) in [5, 5.41) is 34.5. The zero-order chi connectivity index (χ0) is 27.5. The second-order valence-corrected chi connectivity index (χ2v) is 7.64. The minimum Gasteiger partial charge on any atom is -0.876 e. The van der Waals surface area contributed by atoms with Gasteiger partial charge in [-0.15, -0.1) is 5.76 Å². The van der Waals surface area contributed by atoms with Crippen molar-refractivity contribution in [3.63, 3.8) is 0 Å². The number of halogens is 1. The van der Waals surface area contributed by atoms with E-state index in [9.17, 15) is 9.90 Å². The van der Waals surface area contributed by atoms with Crippen LogP contribution in [0.2, 0.25) is 5.02 Å². The fraction of sp³-hybridized carbons (Fsp3) is 0.120. The van der Waals surface area contributed by atoms with E-state index in [1.165, 1.54) is 13.8 Å². The average molecular weight is 587 g/mol. The van der Waals surface area contributed by atoms with Crippen LogP contribution in [0.5, 0.6) is 0 Å². The summed E-state index contributed by atoms with van der Waals surface area (Å²) in [6.07, 6.45) is 4.63. The molecule has 0 saturated carbocycles. The predicted molar refractivity (Wildman–Crippen MR) is 140 cm³/mol. The summed E-state index contributed by atoms with van der Waals surface area (Å²) in [5.74, 6) is 0.433. The molecule has 0 unspecified atom stereocenters. The molecule has 0 aliphatic carbocycles. The second-order valence-electron chi connectivity index (χ2n) is 7.20. The van der Waals surface area contributed by atoms with Crippen LogP contribution in [-0.4, -0.2) is 43.0 Å². The van der Waals surface area contributed by atoms with E-state index in [-0.39, 0.29) is 28.6 Å². The van der Waals surface area contributed by atoms with Gasteiger partial charge in [0, 0.05) is 40.9 Å². The minimum absolute atomic E-state index is 0. The SMILES string of the molecule is CC(=O)/C=C(/C)[O-].CO.Clc1ccc(-c2nc3c4cccnc4c4ncccc4c3[nH]2)cc1.O=[N+]([O-])[O-].[Cu+2]. The number of nitrogens with zero attached hydrogens (tertiary/aromatic N) is 4. The smallest absolute Gasteiger partial charge is 0.876 e. The summed E-state index contributed by atoms with van der Waals surface area (Å²) >= 11 is 5.99. The van der Waals surface area contributed by atoms with E-state index in [0.717, 1.165) is 57.4 Å². The van der Waals surface area contributed by atoms with Gasteiger partial charge in [0.05, 0.1) is 27.2 Å². The summed E-state index contributed by atoms with van der Waals surface area (Å²) in [6.45, 7) is 2.70. The number of carbonyl (C=O) groups excluding carboxylic acids is 1. The molecule has 0 spiro atoms. The molecule has 201 valence electrons. The van der Waals surface area contributed by atoms with Crippen LogP contribution in [-0.2, 0) is 21.9 Å². The monoisotopic (exact) mass is 586 g/mol. The number of hydrogen-bond acceptors (Lipinski definition) is 9. The van der Waals surface area contributed by atoms with Crippen LogP contribution in [0, 0.1) is 15.3 Å². The number of benzene rings is 2. The maximum absolute atomic E-state index is 9.98. The Bertz CT molecular complexity index is 1480. The fourth-order valence-corrected chi connectivity index (χ4v) is 3.50. The van der Waals surface area contributed by atoms with Crippen LogP contribution >= 0.6 is 11.6 Å². The third-order valence-electron chi connectivity index (χ3n) is 4.59. The number of aromatic nitrogens is 4. The number of aliphatic hydroxyl groups excluding tert-OH is 1. The minimum atomic E-state index is -1.75. The number of H-pyrrole nitrogens is 1. The zero-order valence-electron chi connectivity index (χ0n) is 20.3. The van der Waals surface area contributed by atoms with E-state index < -0.39 is 5.09 Å². The van der Waals surface area contributed by atoms with Gasteiger partial charge in [-0.05, 0) is 61.5 Å². The first kappa shape index (κ1) is 31.9. The van der Waals surface area contributed by atoms with Crippen LogP contribution in [0.15, 0.2) is 72.8 Å². The summed E-state index contributed by atoms with van der Waals surface area (Å²) < 4.78 is 0. The fourth-order valence-electron chi connectivity index (χ4n) is 3.37. The first-order valence-electron chi connectivity index (χ1n) is 10.6. The van der Waals surface area contributed by atoms with Crippen LogP contribution in [0.3, 0.4) is 0 Å². The molecule has 0 fully saturated rings. The number of allylic oxidation sites excluding steroid dienone is 2. The summed E-state index contributed by atoms with van der Waals surface area (Å²) in [5.41, 5.74) is 4.62. The Morgan fingerprint density at radius 3 is 1.92 bits per heavy atom. The second kappa shape index (κ2) is 15.2. The number of carbonyl (C=O) groups is 1. The molecule has 2 aromatic carbocycles. The third-order valence-corrected chi connectivity index (χ3v) is 4.84. The van der Waals surface area contributed by atoms with Crippen molar-refractivity contribution in [3.05, 3.63) is 93.1 Å².